The van der Waals surface area contributed by atoms with E-state index < -0.39 is 40.7 Å². The first-order valence-electron chi connectivity index (χ1n) is 5.81. The number of anilines is 1. The molecule has 0 spiro atoms. The first-order valence-corrected chi connectivity index (χ1v) is 5.81. The van der Waals surface area contributed by atoms with E-state index in [1.54, 1.807) is 0 Å². The second kappa shape index (κ2) is 5.70. The molecule has 0 saturated carbocycles. The number of nitrogens with one attached hydrogen (secondary N) is 1. The second-order valence-corrected chi connectivity index (χ2v) is 4.27. The molecule has 22 heavy (non-hydrogen) atoms. The zero-order valence-electron chi connectivity index (χ0n) is 10.6. The minimum Gasteiger partial charge on any atom is -0.322 e. The predicted molar refractivity (Wildman–Crippen MR) is 65.7 cm³/mol. The van der Waals surface area contributed by atoms with Crippen molar-refractivity contribution in [1.29, 1.82) is 0 Å². The Bertz CT molecular complexity index is 726. The molecule has 1 amide bonds. The molecule has 0 radical (unpaired) electrons. The molecule has 2 nitrogen and oxygen atoms in total. The van der Waals surface area contributed by atoms with Crippen LogP contribution in [0.1, 0.15) is 15.9 Å². The lowest BCUT2D eigenvalue weighted by Crippen LogP contribution is -2.15. The summed E-state index contributed by atoms with van der Waals surface area (Å²) < 4.78 is 76.9. The molecular weight excluding hydrogens is 312 g/mol. The highest BCUT2D eigenvalue weighted by Crippen LogP contribution is 2.33. The lowest BCUT2D eigenvalue weighted by molar-refractivity contribution is -0.139. The van der Waals surface area contributed by atoms with Crippen molar-refractivity contribution < 1.29 is 31.1 Å². The van der Waals surface area contributed by atoms with E-state index >= 15 is 0 Å². The van der Waals surface area contributed by atoms with Gasteiger partial charge in [-0.15, -0.1) is 0 Å². The van der Waals surface area contributed by atoms with E-state index in [2.05, 4.69) is 0 Å². The van der Waals surface area contributed by atoms with Crippen LogP contribution in [0.2, 0.25) is 0 Å². The van der Waals surface area contributed by atoms with Gasteiger partial charge in [0.2, 0.25) is 0 Å². The summed E-state index contributed by atoms with van der Waals surface area (Å²) >= 11 is 0. The van der Waals surface area contributed by atoms with Crippen molar-refractivity contribution in [2.45, 2.75) is 6.18 Å². The maximum atomic E-state index is 13.4. The van der Waals surface area contributed by atoms with Gasteiger partial charge in [-0.05, 0) is 30.3 Å². The smallest absolute Gasteiger partial charge is 0.322 e. The summed E-state index contributed by atoms with van der Waals surface area (Å²) in [5.41, 5.74) is -2.49. The highest BCUT2D eigenvalue weighted by atomic mass is 19.4. The van der Waals surface area contributed by atoms with E-state index in [-0.39, 0.29) is 5.69 Å². The Balaban J connectivity index is 2.29. The maximum absolute atomic E-state index is 13.4. The third-order valence-electron chi connectivity index (χ3n) is 2.71. The zero-order valence-corrected chi connectivity index (χ0v) is 10.6. The standard InChI is InChI=1S/C14H7F6NO/c15-7-1-3-9(12(17)5-7)13(22)21-8-2-4-11(16)10(6-8)14(18,19)20/h1-6H,(H,21,22). The molecule has 2 rings (SSSR count). The normalized spacial score (nSPS) is 11.4. The van der Waals surface area contributed by atoms with Gasteiger partial charge in [0.25, 0.3) is 5.91 Å². The minimum absolute atomic E-state index is 0.373. The number of alkyl halides is 3. The van der Waals surface area contributed by atoms with E-state index in [1.165, 1.54) is 0 Å². The van der Waals surface area contributed by atoms with Crippen LogP contribution >= 0.6 is 0 Å². The maximum Gasteiger partial charge on any atom is 0.419 e. The fourth-order valence-corrected chi connectivity index (χ4v) is 1.69. The summed E-state index contributed by atoms with van der Waals surface area (Å²) in [6, 6.07) is 3.93. The van der Waals surface area contributed by atoms with Gasteiger partial charge in [0.15, 0.2) is 0 Å². The molecule has 8 heteroatoms. The second-order valence-electron chi connectivity index (χ2n) is 4.27. The largest absolute Gasteiger partial charge is 0.419 e. The van der Waals surface area contributed by atoms with Crippen LogP contribution < -0.4 is 5.32 Å². The molecule has 0 atom stereocenters. The van der Waals surface area contributed by atoms with Crippen LogP contribution in [-0.2, 0) is 6.18 Å². The van der Waals surface area contributed by atoms with Crippen molar-refractivity contribution in [3.05, 3.63) is 65.0 Å². The summed E-state index contributed by atoms with van der Waals surface area (Å²) in [5.74, 6) is -4.67. The topological polar surface area (TPSA) is 29.1 Å². The van der Waals surface area contributed by atoms with Gasteiger partial charge < -0.3 is 5.32 Å². The number of amides is 1. The molecular formula is C14H7F6NO. The van der Waals surface area contributed by atoms with Gasteiger partial charge in [-0.1, -0.05) is 0 Å². The Labute approximate surface area is 120 Å². The Kier molecular flexibility index (Phi) is 4.11. The van der Waals surface area contributed by atoms with Crippen molar-refractivity contribution in [2.24, 2.45) is 0 Å². The summed E-state index contributed by atoms with van der Waals surface area (Å²) in [4.78, 5) is 11.7. The number of hydrogen-bond acceptors (Lipinski definition) is 1. The predicted octanol–water partition coefficient (Wildman–Crippen LogP) is 4.38. The first kappa shape index (κ1) is 15.9. The van der Waals surface area contributed by atoms with Crippen molar-refractivity contribution in [1.82, 2.24) is 0 Å². The number of halogens is 6. The summed E-state index contributed by atoms with van der Waals surface area (Å²) in [5, 5.41) is 1.99. The summed E-state index contributed by atoms with van der Waals surface area (Å²) in [6.07, 6.45) is -4.94. The van der Waals surface area contributed by atoms with Crippen LogP contribution in [0.25, 0.3) is 0 Å². The van der Waals surface area contributed by atoms with Gasteiger partial charge in [0, 0.05) is 11.8 Å². The van der Waals surface area contributed by atoms with Crippen LogP contribution in [0.3, 0.4) is 0 Å². The Hall–Kier alpha value is -2.51. The fraction of sp³-hybridized carbons (Fsp3) is 0.0714. The lowest BCUT2D eigenvalue weighted by atomic mass is 10.1. The Morgan fingerprint density at radius 3 is 2.18 bits per heavy atom. The van der Waals surface area contributed by atoms with Crippen molar-refractivity contribution in [3.63, 3.8) is 0 Å². The van der Waals surface area contributed by atoms with E-state index in [9.17, 15) is 31.1 Å². The average Bonchev–Trinajstić information content (AvgIpc) is 2.39. The van der Waals surface area contributed by atoms with Crippen LogP contribution in [-0.4, -0.2) is 5.91 Å². The molecule has 0 aromatic heterocycles. The fourth-order valence-electron chi connectivity index (χ4n) is 1.69. The molecule has 0 fully saturated rings. The molecule has 1 N–H and O–H groups in total. The minimum atomic E-state index is -4.94. The SMILES string of the molecule is O=C(Nc1ccc(F)c(C(F)(F)F)c1)c1ccc(F)cc1F. The summed E-state index contributed by atoms with van der Waals surface area (Å²) in [7, 11) is 0. The van der Waals surface area contributed by atoms with Gasteiger partial charge in [0.1, 0.15) is 17.5 Å². The van der Waals surface area contributed by atoms with Gasteiger partial charge >= 0.3 is 6.18 Å². The third-order valence-corrected chi connectivity index (χ3v) is 2.71. The van der Waals surface area contributed by atoms with Crippen molar-refractivity contribution in [3.8, 4) is 0 Å². The van der Waals surface area contributed by atoms with Crippen LogP contribution in [0.15, 0.2) is 36.4 Å². The quantitative estimate of drug-likeness (QED) is 0.818. The Morgan fingerprint density at radius 2 is 1.59 bits per heavy atom. The van der Waals surface area contributed by atoms with E-state index in [4.69, 9.17) is 0 Å². The number of hydrogen-bond donors (Lipinski definition) is 1. The monoisotopic (exact) mass is 319 g/mol. The molecule has 2 aromatic rings. The zero-order chi connectivity index (χ0) is 16.5. The highest BCUT2D eigenvalue weighted by molar-refractivity contribution is 6.04. The van der Waals surface area contributed by atoms with Gasteiger partial charge in [0.05, 0.1) is 11.1 Å². The molecule has 116 valence electrons. The number of benzene rings is 2. The number of rotatable bonds is 2. The summed E-state index contributed by atoms with van der Waals surface area (Å²) in [6.45, 7) is 0. The molecule has 0 aliphatic carbocycles. The molecule has 0 saturated heterocycles. The van der Waals surface area contributed by atoms with Crippen molar-refractivity contribution >= 4 is 11.6 Å². The molecule has 0 unspecified atom stereocenters. The van der Waals surface area contributed by atoms with Gasteiger partial charge in [-0.3, -0.25) is 4.79 Å². The molecule has 2 aromatic carbocycles. The van der Waals surface area contributed by atoms with E-state index in [1.807, 2.05) is 5.32 Å². The van der Waals surface area contributed by atoms with Crippen LogP contribution in [0.4, 0.5) is 32.0 Å². The third kappa shape index (κ3) is 3.38. The molecule has 0 aliphatic rings. The van der Waals surface area contributed by atoms with Crippen molar-refractivity contribution in [2.75, 3.05) is 5.32 Å². The first-order chi connectivity index (χ1) is 10.2. The van der Waals surface area contributed by atoms with Crippen LogP contribution in [0.5, 0.6) is 0 Å². The van der Waals surface area contributed by atoms with E-state index in [0.717, 1.165) is 18.2 Å². The van der Waals surface area contributed by atoms with Gasteiger partial charge in [-0.2, -0.15) is 13.2 Å². The molecule has 0 aliphatic heterocycles. The number of carbonyl (C=O) groups excluding carboxylic acids is 1. The van der Waals surface area contributed by atoms with E-state index in [0.29, 0.717) is 18.2 Å². The number of carbonyl (C=O) groups is 1. The van der Waals surface area contributed by atoms with Crippen LogP contribution in [0, 0.1) is 17.5 Å². The molecule has 0 heterocycles. The Morgan fingerprint density at radius 1 is 0.909 bits per heavy atom. The van der Waals surface area contributed by atoms with Gasteiger partial charge in [-0.25, -0.2) is 13.2 Å². The molecule has 0 bridgehead atoms. The lowest BCUT2D eigenvalue weighted by Gasteiger charge is -2.11. The highest BCUT2D eigenvalue weighted by Gasteiger charge is 2.34. The average molecular weight is 319 g/mol.